The Hall–Kier alpha value is -9.79. The molecule has 0 spiro atoms. The van der Waals surface area contributed by atoms with E-state index in [-0.39, 0.29) is 143 Å². The average Bonchev–Trinajstić information content (AvgIpc) is 1.77. The number of hydrogen-bond acceptors (Lipinski definition) is 22. The van der Waals surface area contributed by atoms with Crippen LogP contribution in [0.15, 0.2) is 127 Å². The molecule has 0 unspecified atom stereocenters. The molecule has 130 heavy (non-hydrogen) atoms. The van der Waals surface area contributed by atoms with E-state index in [0.717, 1.165) is 148 Å². The van der Waals surface area contributed by atoms with Crippen molar-refractivity contribution in [3.63, 3.8) is 0 Å². The number of likely N-dealkylation sites (tertiary alicyclic amines) is 3. The Balaban J connectivity index is 0.000000220. The van der Waals surface area contributed by atoms with Crippen LogP contribution in [-0.2, 0) is 53.3 Å². The highest BCUT2D eigenvalue weighted by molar-refractivity contribution is 7.60. The van der Waals surface area contributed by atoms with E-state index in [1.165, 1.54) is 55.4 Å². The number of hydrogen-bond donors (Lipinski definition) is 1. The minimum absolute atomic E-state index is 0. The molecule has 8 aromatic rings. The number of aryl methyl sites for hydroxylation is 1. The Morgan fingerprint density at radius 1 is 0.492 bits per heavy atom. The van der Waals surface area contributed by atoms with Crippen molar-refractivity contribution in [2.24, 2.45) is 0 Å². The Morgan fingerprint density at radius 3 is 1.25 bits per heavy atom. The van der Waals surface area contributed by atoms with Gasteiger partial charge in [0.25, 0.3) is 11.8 Å². The molecule has 694 valence electrons. The number of benzene rings is 5. The number of rotatable bonds is 20. The second-order valence-corrected chi connectivity index (χ2v) is 34.0. The van der Waals surface area contributed by atoms with Crippen molar-refractivity contribution in [2.75, 3.05) is 195 Å². The SMILES string of the molecule is S.S.S.S.S.S.[2H]C([2H])=C([2H])C(=O)N1CCN(c2nc(OC[C@@H]3CCCN3C)nc3c2CCN(c2cccc4ccccc24)C3)C[C@@H]1C[N+]#[C-].[C-]#[N+]C[C@H]1CN(c2nc(OC[C@@H]3CCCN3C)nc3c2CCN(c2cccc(C)c2C)C3)CCN1C(=O)C(=C)Cl.[C-]#[N+]C[C@H]1CN(c2nc(OC[C@@H]3CCCN3C)nc3c2CCN(c2cccc4ccccc24)C3)CCN1C(=O)C#CCO. The summed E-state index contributed by atoms with van der Waals surface area (Å²) in [4.78, 5) is 104. The molecule has 0 aliphatic carbocycles. The molecule has 1 N–H and O–H groups in total. The van der Waals surface area contributed by atoms with E-state index in [0.29, 0.717) is 128 Å². The molecule has 3 amide bonds. The van der Waals surface area contributed by atoms with Crippen molar-refractivity contribution in [1.82, 2.24) is 59.3 Å². The van der Waals surface area contributed by atoms with Crippen molar-refractivity contribution < 1.29 is 37.8 Å². The maximum atomic E-state index is 12.9. The zero-order chi connectivity index (χ0) is 88.9. The minimum atomic E-state index is -0.825. The van der Waals surface area contributed by atoms with Crippen LogP contribution in [0.5, 0.6) is 18.0 Å². The summed E-state index contributed by atoms with van der Waals surface area (Å²) < 4.78 is 41.6. The van der Waals surface area contributed by atoms with Gasteiger partial charge in [-0.1, -0.05) is 116 Å². The van der Waals surface area contributed by atoms with Crippen molar-refractivity contribution in [3.8, 4) is 29.9 Å². The third-order valence-corrected chi connectivity index (χ3v) is 26.2. The number of fused-ring (bicyclic) bond motifs is 5. The second kappa shape index (κ2) is 48.6. The van der Waals surface area contributed by atoms with Crippen LogP contribution in [0.1, 0.15) is 87.5 Å². The summed E-state index contributed by atoms with van der Waals surface area (Å²) in [5.41, 5.74) is 12.2. The van der Waals surface area contributed by atoms with Gasteiger partial charge in [0.2, 0.25) is 25.5 Å². The molecule has 35 heteroatoms. The predicted octanol–water partition coefficient (Wildman–Crippen LogP) is 10.9. The molecule has 12 heterocycles. The highest BCUT2D eigenvalue weighted by Crippen LogP contribution is 2.40. The van der Waals surface area contributed by atoms with Crippen LogP contribution in [0, 0.1) is 45.4 Å². The van der Waals surface area contributed by atoms with Crippen molar-refractivity contribution in [2.45, 2.75) is 128 Å². The van der Waals surface area contributed by atoms with E-state index in [4.69, 9.17) is 84.7 Å². The van der Waals surface area contributed by atoms with E-state index in [1.807, 2.05) is 0 Å². The molecule has 28 nitrogen and oxygen atoms in total. The Labute approximate surface area is 816 Å². The fourth-order valence-corrected chi connectivity index (χ4v) is 19.1. The number of nitrogens with zero attached hydrogens (tertiary/aromatic N) is 21. The predicted molar refractivity (Wildman–Crippen MR) is 547 cm³/mol. The van der Waals surface area contributed by atoms with Gasteiger partial charge in [-0.3, -0.25) is 14.4 Å². The number of aliphatic hydroxyl groups excluding tert-OH is 1. The van der Waals surface area contributed by atoms with Crippen LogP contribution >= 0.6 is 92.6 Å². The lowest BCUT2D eigenvalue weighted by Crippen LogP contribution is -2.57. The van der Waals surface area contributed by atoms with Gasteiger partial charge in [0.05, 0.1) is 45.9 Å². The number of amides is 3. The highest BCUT2D eigenvalue weighted by Gasteiger charge is 2.41. The number of likely N-dealkylation sites (N-methyl/N-ethyl adjacent to an activating group) is 3. The molecule has 9 aliphatic heterocycles. The molecule has 6 saturated heterocycles. The summed E-state index contributed by atoms with van der Waals surface area (Å²) in [6.45, 7) is 42.9. The molecule has 0 bridgehead atoms. The van der Waals surface area contributed by atoms with E-state index in [9.17, 15) is 14.4 Å². The molecule has 17 rings (SSSR count). The Morgan fingerprint density at radius 2 is 0.862 bits per heavy atom. The number of piperazine rings is 3. The first kappa shape index (κ1) is 99.2. The molecule has 0 saturated carbocycles. The number of ether oxygens (including phenoxy) is 3. The number of aliphatic hydroxyl groups is 1. The van der Waals surface area contributed by atoms with E-state index in [1.54, 1.807) is 9.80 Å². The van der Waals surface area contributed by atoms with Crippen LogP contribution in [0.3, 0.4) is 0 Å². The van der Waals surface area contributed by atoms with E-state index >= 15 is 0 Å². The quantitative estimate of drug-likeness (QED) is 0.0425. The normalized spacial score (nSPS) is 20.2. The first-order chi connectivity index (χ1) is 61.6. The van der Waals surface area contributed by atoms with Crippen molar-refractivity contribution in [3.05, 3.63) is 206 Å². The first-order valence-corrected chi connectivity index (χ1v) is 43.7. The molecular weight excluding hydrogens is 1780 g/mol. The zero-order valence-corrected chi connectivity index (χ0v) is 81.4. The summed E-state index contributed by atoms with van der Waals surface area (Å²) >= 11 is 5.96. The largest absolute Gasteiger partial charge is 0.462 e. The minimum Gasteiger partial charge on any atom is -0.462 e. The van der Waals surface area contributed by atoms with Gasteiger partial charge in [0, 0.05) is 141 Å². The fourth-order valence-electron chi connectivity index (χ4n) is 19.0. The third-order valence-electron chi connectivity index (χ3n) is 26.1. The van der Waals surface area contributed by atoms with Gasteiger partial charge in [0.1, 0.15) is 62.0 Å². The van der Waals surface area contributed by atoms with E-state index in [2.05, 4.69) is 215 Å². The van der Waals surface area contributed by atoms with Gasteiger partial charge in [-0.05, 0) is 164 Å². The second-order valence-electron chi connectivity index (χ2n) is 33.6. The van der Waals surface area contributed by atoms with Crippen LogP contribution in [0.2, 0.25) is 0 Å². The lowest BCUT2D eigenvalue weighted by molar-refractivity contribution is -0.129. The van der Waals surface area contributed by atoms with Gasteiger partial charge >= 0.3 is 18.0 Å². The van der Waals surface area contributed by atoms with Gasteiger partial charge < -0.3 is 92.7 Å². The first-order valence-electron chi connectivity index (χ1n) is 44.9. The van der Waals surface area contributed by atoms with Crippen molar-refractivity contribution in [1.29, 1.82) is 0 Å². The third kappa shape index (κ3) is 24.0. The van der Waals surface area contributed by atoms with Crippen LogP contribution in [0.4, 0.5) is 34.5 Å². The lowest BCUT2D eigenvalue weighted by Gasteiger charge is -2.41. The fraction of sp³-hybridized carbons (Fsp3) is 0.474. The summed E-state index contributed by atoms with van der Waals surface area (Å²) in [6, 6.07) is 36.4. The van der Waals surface area contributed by atoms with Gasteiger partial charge in [-0.2, -0.15) is 111 Å². The van der Waals surface area contributed by atoms with Crippen molar-refractivity contribution >= 4 is 166 Å². The summed E-state index contributed by atoms with van der Waals surface area (Å²) in [5, 5.41) is 13.8. The number of carbonyl (C=O) groups is 3. The molecule has 0 radical (unpaired) electrons. The van der Waals surface area contributed by atoms with Crippen LogP contribution in [0.25, 0.3) is 36.1 Å². The van der Waals surface area contributed by atoms with Gasteiger partial charge in [-0.15, -0.1) is 0 Å². The number of carbonyl (C=O) groups excluding carboxylic acids is 3. The topological polar surface area (TPSA) is 228 Å². The monoisotopic (exact) mass is 1900 g/mol. The standard InChI is InChI=1S/C33H37N7O3.C32H37N7O2.C30H38ClN7O2.6H2S/c1-34-20-26-21-39(17-18-40(26)31(42)13-7-19-41)32-28-14-16-38(30-12-5-9-24-8-3-4-11-27(24)30)22-29(28)35-33(36-32)43-23-25-10-6-15-37(25)2;1-4-30(40)39-18-17-38(20-25(39)19-33-2)31-27-14-16-37(29-13-7-10-23-9-5-6-12-26(23)29)21-28(27)34-32(35-31)41-22-24-11-8-15-36(24)3;1-20-8-6-10-27(21(20)2)36-13-11-25-26(18-36)33-30(40-19-23-9-7-12-35(23)5)34-28(25)37-14-15-38(29(39)22(3)31)24(17-37)16-32-4;;;;;;/h3-5,8-9,11-12,25-26,41H,6,10,14-23H2,2H3;4-7,9-10,12-13,24-25H,1,8,11,14-22H2,3H3;6,8,10,23-24H,3,7,9,11-19H2,1-2,5H3;6*1H2/t25-,26-;24-,25-;23-,24-;;;;;;/m000....../s1/i;1D2,4D;;;;;;;. The maximum Gasteiger partial charge on any atom is 0.318 e. The average molecular weight is 1900 g/mol. The molecular formula is C95H124ClN21O7S6. The summed E-state index contributed by atoms with van der Waals surface area (Å²) in [7, 11) is 6.38. The molecule has 6 atom stereocenters. The summed E-state index contributed by atoms with van der Waals surface area (Å²) in [6.07, 6.45) is 9.05. The molecule has 3 aromatic heterocycles. The Bertz CT molecular complexity index is 5640. The van der Waals surface area contributed by atoms with Gasteiger partial charge in [-0.25, -0.2) is 19.7 Å². The maximum absolute atomic E-state index is 12.9. The highest BCUT2D eigenvalue weighted by atomic mass is 35.5. The molecule has 6 fully saturated rings. The number of halogens is 1. The molecule has 5 aromatic carbocycles. The van der Waals surface area contributed by atoms with Crippen LogP contribution in [-0.4, -0.2) is 284 Å². The van der Waals surface area contributed by atoms with Crippen LogP contribution < -0.4 is 43.6 Å². The Kier molecular flexibility index (Phi) is 37.1. The van der Waals surface area contributed by atoms with Gasteiger partial charge in [0.15, 0.2) is 0 Å². The van der Waals surface area contributed by atoms with E-state index < -0.39 is 24.5 Å². The number of anilines is 6. The molecule has 9 aliphatic rings. The zero-order valence-electron chi connectivity index (χ0n) is 77.7. The smallest absolute Gasteiger partial charge is 0.318 e. The number of aromatic nitrogens is 6. The lowest BCUT2D eigenvalue weighted by atomic mass is 10.0. The summed E-state index contributed by atoms with van der Waals surface area (Å²) in [5.74, 6) is 6.05.